The first-order valence-corrected chi connectivity index (χ1v) is 4.97. The highest BCUT2D eigenvalue weighted by molar-refractivity contribution is 5.23. The lowest BCUT2D eigenvalue weighted by atomic mass is 10.1. The van der Waals surface area contributed by atoms with Crippen LogP contribution in [-0.2, 0) is 4.74 Å². The second kappa shape index (κ2) is 4.40. The molecule has 4 N–H and O–H groups in total. The zero-order valence-corrected chi connectivity index (χ0v) is 8.73. The van der Waals surface area contributed by atoms with Crippen LogP contribution in [0.5, 0.6) is 0 Å². The number of nitrogens with zero attached hydrogens (tertiary/aromatic N) is 2. The fourth-order valence-corrected chi connectivity index (χ4v) is 1.71. The Morgan fingerprint density at radius 3 is 2.88 bits per heavy atom. The number of aliphatic hydroxyl groups is 2. The number of ether oxygens (including phenoxy) is 1. The molecule has 8 heteroatoms. The molecule has 4 atom stereocenters. The molecule has 0 aliphatic carbocycles. The van der Waals surface area contributed by atoms with Crippen LogP contribution in [0.15, 0.2) is 17.1 Å². The quantitative estimate of drug-likeness (QED) is 0.579. The molecular formula is C9H12FN3O4. The molecule has 1 aliphatic heterocycles. The van der Waals surface area contributed by atoms with E-state index in [0.29, 0.717) is 0 Å². The minimum atomic E-state index is -1.76. The van der Waals surface area contributed by atoms with Crippen LogP contribution in [0.1, 0.15) is 6.23 Å². The van der Waals surface area contributed by atoms with Gasteiger partial charge in [-0.15, -0.1) is 0 Å². The highest BCUT2D eigenvalue weighted by Crippen LogP contribution is 2.30. The Morgan fingerprint density at radius 2 is 2.35 bits per heavy atom. The monoisotopic (exact) mass is 245 g/mol. The first-order valence-electron chi connectivity index (χ1n) is 4.97. The van der Waals surface area contributed by atoms with Gasteiger partial charge in [-0.1, -0.05) is 0 Å². The SMILES string of the molecule is Nc1ccn(C2OC(CO)C(F)[C@H]2O)c(=O)n1. The standard InChI is InChI=1S/C9H12FN3O4/c10-6-4(3-14)17-8(7(6)15)13-2-1-5(11)12-9(13)16/h1-2,4,6-8,14-15H,3H2,(H2,11,12,16)/t4?,6?,7-,8?/m1/s1. The van der Waals surface area contributed by atoms with Gasteiger partial charge in [-0.2, -0.15) is 4.98 Å². The predicted molar refractivity (Wildman–Crippen MR) is 54.8 cm³/mol. The van der Waals surface area contributed by atoms with Crippen molar-refractivity contribution in [3.8, 4) is 0 Å². The van der Waals surface area contributed by atoms with Gasteiger partial charge < -0.3 is 20.7 Å². The van der Waals surface area contributed by atoms with Gasteiger partial charge in [0, 0.05) is 6.20 Å². The molecule has 0 radical (unpaired) electrons. The maximum Gasteiger partial charge on any atom is 0.351 e. The Kier molecular flexibility index (Phi) is 3.09. The van der Waals surface area contributed by atoms with Crippen LogP contribution >= 0.6 is 0 Å². The van der Waals surface area contributed by atoms with Gasteiger partial charge in [0.1, 0.15) is 18.0 Å². The predicted octanol–water partition coefficient (Wildman–Crippen LogP) is -1.59. The van der Waals surface area contributed by atoms with Gasteiger partial charge in [0.15, 0.2) is 12.4 Å². The van der Waals surface area contributed by atoms with E-state index in [1.165, 1.54) is 12.3 Å². The van der Waals surface area contributed by atoms with Crippen LogP contribution in [-0.4, -0.2) is 44.8 Å². The van der Waals surface area contributed by atoms with E-state index in [2.05, 4.69) is 4.98 Å². The summed E-state index contributed by atoms with van der Waals surface area (Å²) in [6, 6.07) is 1.33. The van der Waals surface area contributed by atoms with E-state index in [0.717, 1.165) is 4.57 Å². The number of anilines is 1. The van der Waals surface area contributed by atoms with E-state index in [-0.39, 0.29) is 5.82 Å². The second-order valence-corrected chi connectivity index (χ2v) is 3.72. The molecule has 0 bridgehead atoms. The smallest absolute Gasteiger partial charge is 0.351 e. The van der Waals surface area contributed by atoms with E-state index in [1.54, 1.807) is 0 Å². The first-order chi connectivity index (χ1) is 8.04. The molecule has 0 amide bonds. The maximum absolute atomic E-state index is 13.4. The number of nitrogens with two attached hydrogens (primary N) is 1. The molecule has 0 aromatic carbocycles. The molecule has 3 unspecified atom stereocenters. The molecular weight excluding hydrogens is 233 g/mol. The fourth-order valence-electron chi connectivity index (χ4n) is 1.71. The van der Waals surface area contributed by atoms with E-state index in [9.17, 15) is 14.3 Å². The van der Waals surface area contributed by atoms with Crippen molar-refractivity contribution in [1.29, 1.82) is 0 Å². The normalized spacial score (nSPS) is 32.9. The summed E-state index contributed by atoms with van der Waals surface area (Å²) in [7, 11) is 0. The van der Waals surface area contributed by atoms with Crippen LogP contribution in [0.4, 0.5) is 10.2 Å². The number of aromatic nitrogens is 2. The summed E-state index contributed by atoms with van der Waals surface area (Å²) in [5.74, 6) is 0.0224. The molecule has 2 rings (SSSR count). The third-order valence-corrected chi connectivity index (χ3v) is 2.59. The number of alkyl halides is 1. The number of hydrogen-bond acceptors (Lipinski definition) is 6. The summed E-state index contributed by atoms with van der Waals surface area (Å²) in [5.41, 5.74) is 4.55. The maximum atomic E-state index is 13.4. The Labute approximate surface area is 95.3 Å². The van der Waals surface area contributed by atoms with E-state index >= 15 is 0 Å². The molecule has 7 nitrogen and oxygen atoms in total. The first kappa shape index (κ1) is 12.0. The number of halogens is 1. The van der Waals surface area contributed by atoms with E-state index in [1.807, 2.05) is 0 Å². The van der Waals surface area contributed by atoms with Crippen molar-refractivity contribution in [3.05, 3.63) is 22.7 Å². The molecule has 2 heterocycles. The summed E-state index contributed by atoms with van der Waals surface area (Å²) >= 11 is 0. The van der Waals surface area contributed by atoms with Crippen LogP contribution in [0.25, 0.3) is 0 Å². The number of rotatable bonds is 2. The zero-order chi connectivity index (χ0) is 12.6. The molecule has 0 spiro atoms. The summed E-state index contributed by atoms with van der Waals surface area (Å²) in [4.78, 5) is 14.9. The summed E-state index contributed by atoms with van der Waals surface area (Å²) in [6.07, 6.45) is -4.39. The minimum Gasteiger partial charge on any atom is -0.394 e. The third-order valence-electron chi connectivity index (χ3n) is 2.59. The second-order valence-electron chi connectivity index (χ2n) is 3.72. The summed E-state index contributed by atoms with van der Waals surface area (Å²) < 4.78 is 19.4. The number of aliphatic hydroxyl groups excluding tert-OH is 2. The van der Waals surface area contributed by atoms with Gasteiger partial charge in [0.05, 0.1) is 6.61 Å². The van der Waals surface area contributed by atoms with Gasteiger partial charge in [-0.3, -0.25) is 4.57 Å². The summed E-state index contributed by atoms with van der Waals surface area (Å²) in [6.45, 7) is -0.578. The van der Waals surface area contributed by atoms with E-state index < -0.39 is 36.9 Å². The van der Waals surface area contributed by atoms with Gasteiger partial charge >= 0.3 is 5.69 Å². The average molecular weight is 245 g/mol. The van der Waals surface area contributed by atoms with Crippen molar-refractivity contribution < 1.29 is 19.3 Å². The average Bonchev–Trinajstić information content (AvgIpc) is 2.57. The topological polar surface area (TPSA) is 111 Å². The molecule has 17 heavy (non-hydrogen) atoms. The van der Waals surface area contributed by atoms with Crippen molar-refractivity contribution >= 4 is 5.82 Å². The Bertz CT molecular complexity index is 466. The lowest BCUT2D eigenvalue weighted by Gasteiger charge is -2.16. The zero-order valence-electron chi connectivity index (χ0n) is 8.73. The number of nitrogen functional groups attached to an aromatic ring is 1. The molecule has 1 saturated heterocycles. The number of hydrogen-bond donors (Lipinski definition) is 3. The van der Waals surface area contributed by atoms with Gasteiger partial charge in [-0.05, 0) is 6.07 Å². The van der Waals surface area contributed by atoms with Gasteiger partial charge in [0.25, 0.3) is 0 Å². The minimum absolute atomic E-state index is 0.0224. The summed E-state index contributed by atoms with van der Waals surface area (Å²) in [5, 5.41) is 18.4. The van der Waals surface area contributed by atoms with Crippen LogP contribution in [0.3, 0.4) is 0 Å². The van der Waals surface area contributed by atoms with Crippen molar-refractivity contribution in [2.24, 2.45) is 0 Å². The Hall–Kier alpha value is -1.51. The van der Waals surface area contributed by atoms with Crippen LogP contribution in [0.2, 0.25) is 0 Å². The molecule has 0 saturated carbocycles. The van der Waals surface area contributed by atoms with E-state index in [4.69, 9.17) is 15.6 Å². The molecule has 1 fully saturated rings. The van der Waals surface area contributed by atoms with Crippen LogP contribution in [0, 0.1) is 0 Å². The molecule has 1 aromatic heterocycles. The van der Waals surface area contributed by atoms with Crippen molar-refractivity contribution in [1.82, 2.24) is 9.55 Å². The van der Waals surface area contributed by atoms with Crippen LogP contribution < -0.4 is 11.4 Å². The molecule has 94 valence electrons. The third kappa shape index (κ3) is 2.02. The fraction of sp³-hybridized carbons (Fsp3) is 0.556. The van der Waals surface area contributed by atoms with Crippen molar-refractivity contribution in [2.75, 3.05) is 12.3 Å². The molecule has 1 aliphatic rings. The largest absolute Gasteiger partial charge is 0.394 e. The van der Waals surface area contributed by atoms with Gasteiger partial charge in [0.2, 0.25) is 0 Å². The van der Waals surface area contributed by atoms with Gasteiger partial charge in [-0.25, -0.2) is 9.18 Å². The van der Waals surface area contributed by atoms with Crippen molar-refractivity contribution in [2.45, 2.75) is 24.6 Å². The highest BCUT2D eigenvalue weighted by atomic mass is 19.1. The molecule has 1 aromatic rings. The van der Waals surface area contributed by atoms with Crippen molar-refractivity contribution in [3.63, 3.8) is 0 Å². The lowest BCUT2D eigenvalue weighted by Crippen LogP contribution is -2.34. The Morgan fingerprint density at radius 1 is 1.65 bits per heavy atom. The highest BCUT2D eigenvalue weighted by Gasteiger charge is 2.45. The Balaban J connectivity index is 2.32. The lowest BCUT2D eigenvalue weighted by molar-refractivity contribution is -0.0536.